The molecule has 128 valence electrons. The van der Waals surface area contributed by atoms with Gasteiger partial charge in [-0.3, -0.25) is 4.79 Å². The minimum Gasteiger partial charge on any atom is -0.350 e. The van der Waals surface area contributed by atoms with Gasteiger partial charge in [0, 0.05) is 6.54 Å². The fourth-order valence-electron chi connectivity index (χ4n) is 2.34. The van der Waals surface area contributed by atoms with Crippen molar-refractivity contribution in [1.29, 1.82) is 0 Å². The topological polar surface area (TPSA) is 81.8 Å². The predicted octanol–water partition coefficient (Wildman–Crippen LogP) is 1.71. The first kappa shape index (κ1) is 16.9. The third kappa shape index (κ3) is 3.77. The smallest absolute Gasteiger partial charge is 0.350 e. The van der Waals surface area contributed by atoms with Crippen LogP contribution in [0.4, 0.5) is 0 Å². The number of aryl methyl sites for hydroxylation is 1. The predicted molar refractivity (Wildman–Crippen MR) is 93.7 cm³/mol. The summed E-state index contributed by atoms with van der Waals surface area (Å²) in [4.78, 5) is 24.4. The number of nitrogens with one attached hydrogen (secondary N) is 1. The summed E-state index contributed by atoms with van der Waals surface area (Å²) in [7, 11) is 0. The number of aromatic nitrogens is 4. The molecule has 25 heavy (non-hydrogen) atoms. The second kappa shape index (κ2) is 7.31. The molecule has 0 unspecified atom stereocenters. The van der Waals surface area contributed by atoms with Crippen LogP contribution in [0.3, 0.4) is 0 Å². The maximum Gasteiger partial charge on any atom is 0.369 e. The number of hydrogen-bond acceptors (Lipinski definition) is 4. The van der Waals surface area contributed by atoms with Gasteiger partial charge >= 0.3 is 5.69 Å². The van der Waals surface area contributed by atoms with Crippen LogP contribution in [0, 0.1) is 6.92 Å². The van der Waals surface area contributed by atoms with Crippen molar-refractivity contribution in [3.8, 4) is 5.69 Å². The summed E-state index contributed by atoms with van der Waals surface area (Å²) < 4.78 is 2.06. The average Bonchev–Trinajstić information content (AvgIpc) is 2.95. The van der Waals surface area contributed by atoms with E-state index in [1.54, 1.807) is 24.3 Å². The van der Waals surface area contributed by atoms with E-state index in [1.165, 1.54) is 0 Å². The average molecular weight is 358 g/mol. The van der Waals surface area contributed by atoms with E-state index in [2.05, 4.69) is 15.7 Å². The van der Waals surface area contributed by atoms with Crippen molar-refractivity contribution in [2.45, 2.75) is 20.0 Å². The second-order valence-corrected chi connectivity index (χ2v) is 5.89. The summed E-state index contributed by atoms with van der Waals surface area (Å²) in [5.41, 5.74) is 1.99. The Bertz CT molecular complexity index is 963. The van der Waals surface area contributed by atoms with Gasteiger partial charge in [0.05, 0.1) is 10.7 Å². The first-order chi connectivity index (χ1) is 12.1. The first-order valence-electron chi connectivity index (χ1n) is 7.65. The van der Waals surface area contributed by atoms with Gasteiger partial charge in [-0.25, -0.2) is 4.79 Å². The first-order valence-corrected chi connectivity index (χ1v) is 8.03. The van der Waals surface area contributed by atoms with Gasteiger partial charge in [-0.05, 0) is 40.6 Å². The Kier molecular flexibility index (Phi) is 4.95. The van der Waals surface area contributed by atoms with Gasteiger partial charge in [-0.15, -0.1) is 0 Å². The highest BCUT2D eigenvalue weighted by Gasteiger charge is 2.14. The van der Waals surface area contributed by atoms with Crippen molar-refractivity contribution in [3.63, 3.8) is 0 Å². The van der Waals surface area contributed by atoms with Gasteiger partial charge in [0.15, 0.2) is 0 Å². The molecule has 0 radical (unpaired) electrons. The number of para-hydroxylation sites is 1. The fraction of sp³-hybridized carbons (Fsp3) is 0.176. The summed E-state index contributed by atoms with van der Waals surface area (Å²) in [6.07, 6.45) is 0. The lowest BCUT2D eigenvalue weighted by molar-refractivity contribution is -0.122. The van der Waals surface area contributed by atoms with Crippen molar-refractivity contribution in [2.24, 2.45) is 0 Å². The lowest BCUT2D eigenvalue weighted by Gasteiger charge is -2.07. The monoisotopic (exact) mass is 357 g/mol. The third-order valence-electron chi connectivity index (χ3n) is 3.75. The van der Waals surface area contributed by atoms with E-state index in [1.807, 2.05) is 31.2 Å². The second-order valence-electron chi connectivity index (χ2n) is 5.49. The van der Waals surface area contributed by atoms with Gasteiger partial charge in [-0.2, -0.15) is 9.36 Å². The lowest BCUT2D eigenvalue weighted by atomic mass is 10.1. The van der Waals surface area contributed by atoms with E-state index < -0.39 is 5.69 Å². The molecule has 0 spiro atoms. The fourth-order valence-corrected chi connectivity index (χ4v) is 2.56. The lowest BCUT2D eigenvalue weighted by Crippen LogP contribution is -2.33. The van der Waals surface area contributed by atoms with Crippen LogP contribution in [-0.4, -0.2) is 25.7 Å². The molecule has 1 N–H and O–H groups in total. The van der Waals surface area contributed by atoms with Gasteiger partial charge in [0.2, 0.25) is 5.91 Å². The quantitative estimate of drug-likeness (QED) is 0.753. The summed E-state index contributed by atoms with van der Waals surface area (Å²) >= 11 is 6.06. The highest BCUT2D eigenvalue weighted by Crippen LogP contribution is 2.16. The number of carbonyl (C=O) groups is 1. The summed E-state index contributed by atoms with van der Waals surface area (Å²) in [6.45, 7) is 2.15. The molecule has 8 heteroatoms. The molecule has 0 saturated carbocycles. The van der Waals surface area contributed by atoms with E-state index in [0.29, 0.717) is 17.3 Å². The molecule has 0 aliphatic rings. The minimum atomic E-state index is -0.529. The van der Waals surface area contributed by atoms with E-state index in [4.69, 9.17) is 11.6 Å². The van der Waals surface area contributed by atoms with E-state index >= 15 is 0 Å². The molecule has 3 rings (SSSR count). The van der Waals surface area contributed by atoms with Crippen LogP contribution in [0.25, 0.3) is 5.69 Å². The molecule has 1 heterocycles. The Morgan fingerprint density at radius 2 is 1.84 bits per heavy atom. The molecular formula is C17H16ClN5O2. The Labute approximate surface area is 148 Å². The summed E-state index contributed by atoms with van der Waals surface area (Å²) in [5.74, 6) is -0.323. The van der Waals surface area contributed by atoms with Crippen molar-refractivity contribution in [1.82, 2.24) is 25.1 Å². The van der Waals surface area contributed by atoms with Crippen LogP contribution in [0.2, 0.25) is 5.02 Å². The van der Waals surface area contributed by atoms with E-state index in [-0.39, 0.29) is 12.5 Å². The van der Waals surface area contributed by atoms with Crippen LogP contribution in [0.1, 0.15) is 11.1 Å². The highest BCUT2D eigenvalue weighted by atomic mass is 35.5. The number of tetrazole rings is 1. The van der Waals surface area contributed by atoms with Gasteiger partial charge < -0.3 is 5.32 Å². The zero-order valence-corrected chi connectivity index (χ0v) is 14.3. The van der Waals surface area contributed by atoms with Crippen molar-refractivity contribution in [3.05, 3.63) is 75.2 Å². The largest absolute Gasteiger partial charge is 0.369 e. The molecule has 0 fully saturated rings. The van der Waals surface area contributed by atoms with Crippen LogP contribution in [0.5, 0.6) is 0 Å². The molecule has 1 aromatic heterocycles. The number of nitrogens with zero attached hydrogens (tertiary/aromatic N) is 4. The number of hydrogen-bond donors (Lipinski definition) is 1. The van der Waals surface area contributed by atoms with Crippen LogP contribution >= 0.6 is 11.6 Å². The maximum absolute atomic E-state index is 12.3. The Hall–Kier alpha value is -2.93. The number of amides is 1. The summed E-state index contributed by atoms with van der Waals surface area (Å²) in [5, 5.41) is 10.7. The molecule has 2 aromatic carbocycles. The normalized spacial score (nSPS) is 10.6. The maximum atomic E-state index is 12.3. The number of benzene rings is 2. The molecule has 0 saturated heterocycles. The van der Waals surface area contributed by atoms with Gasteiger partial charge in [0.1, 0.15) is 6.54 Å². The minimum absolute atomic E-state index is 0.213. The van der Waals surface area contributed by atoms with Crippen LogP contribution in [-0.2, 0) is 17.9 Å². The number of carbonyl (C=O) groups excluding carboxylic acids is 1. The van der Waals surface area contributed by atoms with Crippen LogP contribution < -0.4 is 11.0 Å². The van der Waals surface area contributed by atoms with Gasteiger partial charge in [-0.1, -0.05) is 48.0 Å². The summed E-state index contributed by atoms with van der Waals surface area (Å²) in [6, 6.07) is 14.6. The molecule has 0 bridgehead atoms. The molecule has 1 amide bonds. The third-order valence-corrected chi connectivity index (χ3v) is 4.07. The zero-order chi connectivity index (χ0) is 17.8. The van der Waals surface area contributed by atoms with Crippen molar-refractivity contribution in [2.75, 3.05) is 0 Å². The molecule has 0 aliphatic carbocycles. The van der Waals surface area contributed by atoms with E-state index in [0.717, 1.165) is 20.5 Å². The zero-order valence-electron chi connectivity index (χ0n) is 13.5. The molecular weight excluding hydrogens is 342 g/mol. The van der Waals surface area contributed by atoms with E-state index in [9.17, 15) is 9.59 Å². The Balaban J connectivity index is 1.70. The Morgan fingerprint density at radius 3 is 2.60 bits per heavy atom. The molecule has 3 aromatic rings. The van der Waals surface area contributed by atoms with Crippen molar-refractivity contribution < 1.29 is 4.79 Å². The number of rotatable bonds is 5. The standard InChI is InChI=1S/C17H16ClN5O2/c1-12-6-2-3-7-13(12)10-19-16(24)11-22-17(25)23(21-20-22)15-9-5-4-8-14(15)18/h2-9H,10-11H2,1H3,(H,19,24). The molecule has 0 aliphatic heterocycles. The van der Waals surface area contributed by atoms with Crippen molar-refractivity contribution >= 4 is 17.5 Å². The Morgan fingerprint density at radius 1 is 1.12 bits per heavy atom. The van der Waals surface area contributed by atoms with Crippen LogP contribution in [0.15, 0.2) is 53.3 Å². The molecule has 7 nitrogen and oxygen atoms in total. The van der Waals surface area contributed by atoms with Gasteiger partial charge in [0.25, 0.3) is 0 Å². The SMILES string of the molecule is Cc1ccccc1CNC(=O)Cn1nnn(-c2ccccc2Cl)c1=O. The number of halogens is 1. The highest BCUT2D eigenvalue weighted by molar-refractivity contribution is 6.32. The molecule has 0 atom stereocenters.